The summed E-state index contributed by atoms with van der Waals surface area (Å²) in [4.78, 5) is 25.1. The number of hydrogen-bond donors (Lipinski definition) is 2. The van der Waals surface area contributed by atoms with E-state index in [9.17, 15) is 14.7 Å². The molecule has 2 aromatic rings. The molecule has 3 rings (SSSR count). The van der Waals surface area contributed by atoms with E-state index in [1.165, 1.54) is 4.90 Å². The van der Waals surface area contributed by atoms with Crippen molar-refractivity contribution in [3.05, 3.63) is 71.8 Å². The summed E-state index contributed by atoms with van der Waals surface area (Å²) < 4.78 is 5.98. The Hall–Kier alpha value is -2.86. The molecule has 0 bridgehead atoms. The molecule has 0 saturated carbocycles. The third-order valence-electron chi connectivity index (χ3n) is 4.49. The number of carbonyl (C=O) groups is 2. The Morgan fingerprint density at radius 2 is 1.73 bits per heavy atom. The summed E-state index contributed by atoms with van der Waals surface area (Å²) in [6.45, 7) is 0.985. The van der Waals surface area contributed by atoms with Crippen molar-refractivity contribution in [2.24, 2.45) is 0 Å². The van der Waals surface area contributed by atoms with E-state index in [4.69, 9.17) is 4.74 Å². The minimum Gasteiger partial charge on any atom is -0.465 e. The fourth-order valence-corrected chi connectivity index (χ4v) is 3.04. The molecule has 1 aliphatic rings. The van der Waals surface area contributed by atoms with Gasteiger partial charge in [0.05, 0.1) is 25.3 Å². The Kier molecular flexibility index (Phi) is 5.86. The number of carbonyl (C=O) groups excluding carboxylic acids is 1. The van der Waals surface area contributed by atoms with E-state index in [1.54, 1.807) is 12.1 Å². The van der Waals surface area contributed by atoms with E-state index in [0.717, 1.165) is 5.56 Å². The highest BCUT2D eigenvalue weighted by molar-refractivity contribution is 5.94. The lowest BCUT2D eigenvalue weighted by Crippen LogP contribution is -2.56. The number of piperidine rings is 1. The smallest absolute Gasteiger partial charge is 0.407 e. The average molecular weight is 354 g/mol. The van der Waals surface area contributed by atoms with E-state index in [2.05, 4.69) is 5.32 Å². The molecule has 6 nitrogen and oxygen atoms in total. The van der Waals surface area contributed by atoms with Crippen molar-refractivity contribution in [3.63, 3.8) is 0 Å². The lowest BCUT2D eigenvalue weighted by molar-refractivity contribution is -0.0250. The van der Waals surface area contributed by atoms with Gasteiger partial charge in [0, 0.05) is 12.1 Å². The Bertz CT molecular complexity index is 736. The lowest BCUT2D eigenvalue weighted by atomic mass is 10.0. The predicted molar refractivity (Wildman–Crippen MR) is 96.9 cm³/mol. The molecule has 0 aromatic heterocycles. The number of hydrogen-bond acceptors (Lipinski definition) is 3. The minimum atomic E-state index is -0.967. The van der Waals surface area contributed by atoms with Crippen molar-refractivity contribution in [2.45, 2.75) is 25.2 Å². The predicted octanol–water partition coefficient (Wildman–Crippen LogP) is 2.75. The van der Waals surface area contributed by atoms with Crippen LogP contribution in [0.3, 0.4) is 0 Å². The SMILES string of the molecule is O=C(NC1CCN(C(=O)O)CC1OCc1ccccc1)c1ccccc1. The van der Waals surface area contributed by atoms with E-state index in [-0.39, 0.29) is 18.5 Å². The first-order chi connectivity index (χ1) is 12.6. The van der Waals surface area contributed by atoms with Crippen LogP contribution in [0.4, 0.5) is 4.79 Å². The normalized spacial score (nSPS) is 19.8. The first-order valence-electron chi connectivity index (χ1n) is 8.63. The molecule has 1 heterocycles. The molecule has 1 fully saturated rings. The lowest BCUT2D eigenvalue weighted by Gasteiger charge is -2.37. The summed E-state index contributed by atoms with van der Waals surface area (Å²) >= 11 is 0. The molecule has 0 spiro atoms. The molecular weight excluding hydrogens is 332 g/mol. The number of amides is 2. The molecule has 2 aromatic carbocycles. The van der Waals surface area contributed by atoms with Crippen LogP contribution in [0.15, 0.2) is 60.7 Å². The summed E-state index contributed by atoms with van der Waals surface area (Å²) in [7, 11) is 0. The second-order valence-corrected chi connectivity index (χ2v) is 6.30. The van der Waals surface area contributed by atoms with Crippen molar-refractivity contribution in [2.75, 3.05) is 13.1 Å². The van der Waals surface area contributed by atoms with Crippen LogP contribution in [0, 0.1) is 0 Å². The monoisotopic (exact) mass is 354 g/mol. The van der Waals surface area contributed by atoms with Gasteiger partial charge in [-0.05, 0) is 24.1 Å². The second kappa shape index (κ2) is 8.49. The van der Waals surface area contributed by atoms with Crippen LogP contribution >= 0.6 is 0 Å². The van der Waals surface area contributed by atoms with Gasteiger partial charge in [-0.1, -0.05) is 48.5 Å². The molecule has 6 heteroatoms. The molecule has 0 aliphatic carbocycles. The molecule has 2 N–H and O–H groups in total. The summed E-state index contributed by atoms with van der Waals surface area (Å²) in [6.07, 6.45) is -0.844. The average Bonchev–Trinajstić information content (AvgIpc) is 2.68. The van der Waals surface area contributed by atoms with E-state index < -0.39 is 12.2 Å². The number of nitrogens with zero attached hydrogens (tertiary/aromatic N) is 1. The molecule has 2 atom stereocenters. The van der Waals surface area contributed by atoms with E-state index in [1.807, 2.05) is 48.5 Å². The van der Waals surface area contributed by atoms with Crippen molar-refractivity contribution < 1.29 is 19.4 Å². The maximum Gasteiger partial charge on any atom is 0.407 e. The van der Waals surface area contributed by atoms with Gasteiger partial charge in [0.1, 0.15) is 0 Å². The maximum atomic E-state index is 12.5. The quantitative estimate of drug-likeness (QED) is 0.865. The van der Waals surface area contributed by atoms with Crippen LogP contribution < -0.4 is 5.32 Å². The van der Waals surface area contributed by atoms with E-state index >= 15 is 0 Å². The van der Waals surface area contributed by atoms with Gasteiger partial charge in [0.15, 0.2) is 0 Å². The van der Waals surface area contributed by atoms with Gasteiger partial charge in [0.25, 0.3) is 5.91 Å². The maximum absolute atomic E-state index is 12.5. The summed E-state index contributed by atoms with van der Waals surface area (Å²) in [5, 5.41) is 12.3. The number of nitrogens with one attached hydrogen (secondary N) is 1. The topological polar surface area (TPSA) is 78.9 Å². The van der Waals surface area contributed by atoms with Gasteiger partial charge < -0.3 is 20.1 Å². The molecule has 1 aliphatic heterocycles. The minimum absolute atomic E-state index is 0.173. The molecule has 1 saturated heterocycles. The fourth-order valence-electron chi connectivity index (χ4n) is 3.04. The molecule has 2 unspecified atom stereocenters. The number of benzene rings is 2. The highest BCUT2D eigenvalue weighted by atomic mass is 16.5. The second-order valence-electron chi connectivity index (χ2n) is 6.30. The highest BCUT2D eigenvalue weighted by Crippen LogP contribution is 2.17. The van der Waals surface area contributed by atoms with Gasteiger partial charge in [-0.15, -0.1) is 0 Å². The van der Waals surface area contributed by atoms with Crippen molar-refractivity contribution in [3.8, 4) is 0 Å². The van der Waals surface area contributed by atoms with Crippen molar-refractivity contribution in [1.82, 2.24) is 10.2 Å². The molecular formula is C20H22N2O4. The Morgan fingerprint density at radius 3 is 2.38 bits per heavy atom. The summed E-state index contributed by atoms with van der Waals surface area (Å²) in [5.74, 6) is -0.173. The van der Waals surface area contributed by atoms with E-state index in [0.29, 0.717) is 25.1 Å². The van der Waals surface area contributed by atoms with Crippen LogP contribution in [0.5, 0.6) is 0 Å². The van der Waals surface area contributed by atoms with Crippen LogP contribution in [-0.4, -0.2) is 47.2 Å². The van der Waals surface area contributed by atoms with Crippen LogP contribution in [0.1, 0.15) is 22.3 Å². The number of carboxylic acid groups (broad SMARTS) is 1. The zero-order chi connectivity index (χ0) is 18.4. The first kappa shape index (κ1) is 17.9. The zero-order valence-electron chi connectivity index (χ0n) is 14.4. The largest absolute Gasteiger partial charge is 0.465 e. The van der Waals surface area contributed by atoms with Crippen molar-refractivity contribution in [1.29, 1.82) is 0 Å². The summed E-state index contributed by atoms with van der Waals surface area (Å²) in [5.41, 5.74) is 1.59. The van der Waals surface area contributed by atoms with Crippen LogP contribution in [-0.2, 0) is 11.3 Å². The Balaban J connectivity index is 1.67. The van der Waals surface area contributed by atoms with Gasteiger partial charge in [-0.25, -0.2) is 4.79 Å². The highest BCUT2D eigenvalue weighted by Gasteiger charge is 2.33. The summed E-state index contributed by atoms with van der Waals surface area (Å²) in [6, 6.07) is 18.4. The Labute approximate surface area is 152 Å². The first-order valence-corrected chi connectivity index (χ1v) is 8.63. The van der Waals surface area contributed by atoms with Gasteiger partial charge >= 0.3 is 6.09 Å². The molecule has 0 radical (unpaired) electrons. The number of rotatable bonds is 5. The third-order valence-corrected chi connectivity index (χ3v) is 4.49. The molecule has 26 heavy (non-hydrogen) atoms. The zero-order valence-corrected chi connectivity index (χ0v) is 14.4. The molecule has 136 valence electrons. The van der Waals surface area contributed by atoms with Crippen LogP contribution in [0.2, 0.25) is 0 Å². The van der Waals surface area contributed by atoms with Crippen LogP contribution in [0.25, 0.3) is 0 Å². The number of ether oxygens (including phenoxy) is 1. The molecule has 2 amide bonds. The Morgan fingerprint density at radius 1 is 1.08 bits per heavy atom. The van der Waals surface area contributed by atoms with Gasteiger partial charge in [-0.3, -0.25) is 4.79 Å². The standard InChI is InChI=1S/C20H22N2O4/c23-19(16-9-5-2-6-10-16)21-17-11-12-22(20(24)25)13-18(17)26-14-15-7-3-1-4-8-15/h1-10,17-18H,11-14H2,(H,21,23)(H,24,25). The third kappa shape index (κ3) is 4.61. The fraction of sp³-hybridized carbons (Fsp3) is 0.300. The number of likely N-dealkylation sites (tertiary alicyclic amines) is 1. The van der Waals surface area contributed by atoms with Gasteiger partial charge in [-0.2, -0.15) is 0 Å². The van der Waals surface area contributed by atoms with Crippen molar-refractivity contribution >= 4 is 12.0 Å². The van der Waals surface area contributed by atoms with Gasteiger partial charge in [0.2, 0.25) is 0 Å².